The Labute approximate surface area is 139 Å². The normalized spacial score (nSPS) is 10.5. The van der Waals surface area contributed by atoms with E-state index in [-0.39, 0.29) is 0 Å². The van der Waals surface area contributed by atoms with Crippen LogP contribution in [0.5, 0.6) is 0 Å². The molecule has 0 atom stereocenters. The van der Waals surface area contributed by atoms with E-state index in [0.717, 1.165) is 13.1 Å². The molecule has 0 saturated carbocycles. The molecule has 0 saturated heterocycles. The van der Waals surface area contributed by atoms with Gasteiger partial charge in [0.2, 0.25) is 0 Å². The highest BCUT2D eigenvalue weighted by Gasteiger charge is 2.11. The minimum atomic E-state index is 1.01. The monoisotopic (exact) mass is 301 g/mol. The van der Waals surface area contributed by atoms with Crippen LogP contribution >= 0.6 is 0 Å². The Morgan fingerprint density at radius 2 is 1.17 bits per heavy atom. The smallest absolute Gasteiger partial charge is 0.0446 e. The van der Waals surface area contributed by atoms with Gasteiger partial charge < -0.3 is 4.90 Å². The molecule has 0 radical (unpaired) electrons. The van der Waals surface area contributed by atoms with Gasteiger partial charge in [0.1, 0.15) is 0 Å². The van der Waals surface area contributed by atoms with E-state index in [9.17, 15) is 0 Å². The first-order chi connectivity index (χ1) is 11.3. The molecule has 0 bridgehead atoms. The Morgan fingerprint density at radius 1 is 0.609 bits per heavy atom. The number of benzene rings is 3. The van der Waals surface area contributed by atoms with Gasteiger partial charge in [0.15, 0.2) is 0 Å². The predicted molar refractivity (Wildman–Crippen MR) is 101 cm³/mol. The summed E-state index contributed by atoms with van der Waals surface area (Å²) in [6, 6.07) is 28.1. The SMILES string of the molecule is CCN(CC)c1ccc(-c2ccccc2)cc1-c1ccccc1. The molecule has 1 nitrogen and oxygen atoms in total. The van der Waals surface area contributed by atoms with E-state index in [1.165, 1.54) is 27.9 Å². The molecule has 3 rings (SSSR count). The van der Waals surface area contributed by atoms with Crippen molar-refractivity contribution in [1.82, 2.24) is 0 Å². The summed E-state index contributed by atoms with van der Waals surface area (Å²) in [5.74, 6) is 0. The summed E-state index contributed by atoms with van der Waals surface area (Å²) >= 11 is 0. The molecular weight excluding hydrogens is 278 g/mol. The lowest BCUT2D eigenvalue weighted by Crippen LogP contribution is -2.22. The van der Waals surface area contributed by atoms with E-state index < -0.39 is 0 Å². The summed E-state index contributed by atoms with van der Waals surface area (Å²) in [4.78, 5) is 2.41. The van der Waals surface area contributed by atoms with Crippen molar-refractivity contribution in [2.24, 2.45) is 0 Å². The maximum absolute atomic E-state index is 2.41. The molecule has 0 aliphatic heterocycles. The van der Waals surface area contributed by atoms with Crippen LogP contribution in [-0.2, 0) is 0 Å². The van der Waals surface area contributed by atoms with Gasteiger partial charge in [-0.25, -0.2) is 0 Å². The van der Waals surface area contributed by atoms with Crippen molar-refractivity contribution in [2.45, 2.75) is 13.8 Å². The van der Waals surface area contributed by atoms with Crippen LogP contribution in [0.15, 0.2) is 78.9 Å². The molecule has 0 fully saturated rings. The van der Waals surface area contributed by atoms with Crippen LogP contribution in [0.2, 0.25) is 0 Å². The molecule has 3 aromatic rings. The molecule has 0 N–H and O–H groups in total. The number of anilines is 1. The lowest BCUT2D eigenvalue weighted by atomic mass is 9.97. The highest BCUT2D eigenvalue weighted by molar-refractivity contribution is 5.83. The fourth-order valence-corrected chi connectivity index (χ4v) is 3.04. The van der Waals surface area contributed by atoms with E-state index in [1.54, 1.807) is 0 Å². The molecule has 0 aliphatic rings. The summed E-state index contributed by atoms with van der Waals surface area (Å²) < 4.78 is 0. The minimum Gasteiger partial charge on any atom is -0.372 e. The zero-order chi connectivity index (χ0) is 16.1. The number of rotatable bonds is 5. The summed E-state index contributed by atoms with van der Waals surface area (Å²) in [7, 11) is 0. The molecule has 0 heterocycles. The Morgan fingerprint density at radius 3 is 1.74 bits per heavy atom. The molecule has 0 amide bonds. The zero-order valence-corrected chi connectivity index (χ0v) is 13.9. The fraction of sp³-hybridized carbons (Fsp3) is 0.182. The van der Waals surface area contributed by atoms with E-state index in [2.05, 4.69) is 97.6 Å². The second kappa shape index (κ2) is 7.15. The first-order valence-corrected chi connectivity index (χ1v) is 8.33. The molecule has 3 aromatic carbocycles. The van der Waals surface area contributed by atoms with Gasteiger partial charge in [-0.15, -0.1) is 0 Å². The Bertz CT molecular complexity index is 743. The third-order valence-electron chi connectivity index (χ3n) is 4.29. The van der Waals surface area contributed by atoms with Crippen molar-refractivity contribution in [1.29, 1.82) is 0 Å². The van der Waals surface area contributed by atoms with Crippen LogP contribution in [-0.4, -0.2) is 13.1 Å². The Kier molecular flexibility index (Phi) is 4.77. The van der Waals surface area contributed by atoms with Crippen LogP contribution in [0, 0.1) is 0 Å². The predicted octanol–water partition coefficient (Wildman–Crippen LogP) is 5.87. The second-order valence-corrected chi connectivity index (χ2v) is 5.64. The van der Waals surface area contributed by atoms with Gasteiger partial charge in [-0.05, 0) is 42.7 Å². The number of nitrogens with zero attached hydrogens (tertiary/aromatic N) is 1. The van der Waals surface area contributed by atoms with Gasteiger partial charge in [-0.3, -0.25) is 0 Å². The summed E-state index contributed by atoms with van der Waals surface area (Å²) in [5.41, 5.74) is 6.40. The standard InChI is InChI=1S/C22H23N/c1-3-23(4-2)22-16-15-20(18-11-7-5-8-12-18)17-21(22)19-13-9-6-10-14-19/h5-17H,3-4H2,1-2H3. The van der Waals surface area contributed by atoms with Crippen LogP contribution in [0.3, 0.4) is 0 Å². The zero-order valence-electron chi connectivity index (χ0n) is 13.9. The average molecular weight is 301 g/mol. The lowest BCUT2D eigenvalue weighted by molar-refractivity contribution is 0.867. The van der Waals surface area contributed by atoms with Crippen LogP contribution < -0.4 is 4.90 Å². The molecule has 1 heteroatoms. The van der Waals surface area contributed by atoms with Crippen molar-refractivity contribution in [2.75, 3.05) is 18.0 Å². The molecule has 116 valence electrons. The molecular formula is C22H23N. The maximum Gasteiger partial charge on any atom is 0.0446 e. The first kappa shape index (κ1) is 15.4. The second-order valence-electron chi connectivity index (χ2n) is 5.64. The van der Waals surface area contributed by atoms with Gasteiger partial charge in [-0.2, -0.15) is 0 Å². The fourth-order valence-electron chi connectivity index (χ4n) is 3.04. The van der Waals surface area contributed by atoms with E-state index in [1.807, 2.05) is 0 Å². The molecule has 0 aliphatic carbocycles. The minimum absolute atomic E-state index is 1.01. The topological polar surface area (TPSA) is 3.24 Å². The van der Waals surface area contributed by atoms with Crippen molar-refractivity contribution >= 4 is 5.69 Å². The van der Waals surface area contributed by atoms with E-state index >= 15 is 0 Å². The van der Waals surface area contributed by atoms with Crippen molar-refractivity contribution in [3.63, 3.8) is 0 Å². The van der Waals surface area contributed by atoms with E-state index in [0.29, 0.717) is 0 Å². The van der Waals surface area contributed by atoms with Crippen molar-refractivity contribution < 1.29 is 0 Å². The summed E-state index contributed by atoms with van der Waals surface area (Å²) in [5, 5.41) is 0. The molecule has 23 heavy (non-hydrogen) atoms. The van der Waals surface area contributed by atoms with Gasteiger partial charge in [0.25, 0.3) is 0 Å². The Balaban J connectivity index is 2.15. The number of hydrogen-bond acceptors (Lipinski definition) is 1. The van der Waals surface area contributed by atoms with Gasteiger partial charge in [-0.1, -0.05) is 66.7 Å². The van der Waals surface area contributed by atoms with Gasteiger partial charge in [0, 0.05) is 24.3 Å². The van der Waals surface area contributed by atoms with E-state index in [4.69, 9.17) is 0 Å². The van der Waals surface area contributed by atoms with Gasteiger partial charge in [0.05, 0.1) is 0 Å². The van der Waals surface area contributed by atoms with Crippen molar-refractivity contribution in [3.8, 4) is 22.3 Å². The third kappa shape index (κ3) is 3.29. The molecule has 0 spiro atoms. The number of hydrogen-bond donors (Lipinski definition) is 0. The highest BCUT2D eigenvalue weighted by atomic mass is 15.1. The Hall–Kier alpha value is -2.54. The van der Waals surface area contributed by atoms with Crippen LogP contribution in [0.1, 0.15) is 13.8 Å². The maximum atomic E-state index is 2.41. The van der Waals surface area contributed by atoms with Crippen molar-refractivity contribution in [3.05, 3.63) is 78.9 Å². The van der Waals surface area contributed by atoms with Gasteiger partial charge >= 0.3 is 0 Å². The van der Waals surface area contributed by atoms with Crippen LogP contribution in [0.4, 0.5) is 5.69 Å². The summed E-state index contributed by atoms with van der Waals surface area (Å²) in [6.45, 7) is 6.45. The molecule has 0 unspecified atom stereocenters. The molecule has 0 aromatic heterocycles. The largest absolute Gasteiger partial charge is 0.372 e. The lowest BCUT2D eigenvalue weighted by Gasteiger charge is -2.25. The summed E-state index contributed by atoms with van der Waals surface area (Å²) in [6.07, 6.45) is 0. The average Bonchev–Trinajstić information content (AvgIpc) is 2.64. The highest BCUT2D eigenvalue weighted by Crippen LogP contribution is 2.34. The quantitative estimate of drug-likeness (QED) is 0.570. The first-order valence-electron chi connectivity index (χ1n) is 8.33. The van der Waals surface area contributed by atoms with Crippen LogP contribution in [0.25, 0.3) is 22.3 Å². The third-order valence-corrected chi connectivity index (χ3v) is 4.29.